The van der Waals surface area contributed by atoms with Gasteiger partial charge >= 0.3 is 6.18 Å². The van der Waals surface area contributed by atoms with Crippen molar-refractivity contribution in [2.45, 2.75) is 38.4 Å². The molecule has 0 bridgehead atoms. The minimum absolute atomic E-state index is 0.0200. The number of ether oxygens (including phenoxy) is 1. The van der Waals surface area contributed by atoms with Gasteiger partial charge in [0, 0.05) is 37.1 Å². The molecule has 8 nitrogen and oxygen atoms in total. The van der Waals surface area contributed by atoms with E-state index < -0.39 is 30.1 Å². The molecule has 170 valence electrons. The summed E-state index contributed by atoms with van der Waals surface area (Å²) < 4.78 is 60.6. The Hall–Kier alpha value is -3.28. The fourth-order valence-corrected chi connectivity index (χ4v) is 3.49. The molecule has 1 aliphatic heterocycles. The molecule has 0 aromatic carbocycles. The summed E-state index contributed by atoms with van der Waals surface area (Å²) in [6.45, 7) is 2.27. The summed E-state index contributed by atoms with van der Waals surface area (Å²) in [4.78, 5) is 20.6. The van der Waals surface area contributed by atoms with E-state index in [-0.39, 0.29) is 23.1 Å². The zero-order valence-corrected chi connectivity index (χ0v) is 17.1. The van der Waals surface area contributed by atoms with Crippen LogP contribution in [0, 0.1) is 12.7 Å². The van der Waals surface area contributed by atoms with Crippen LogP contribution in [0.2, 0.25) is 0 Å². The number of aromatic nitrogens is 5. The van der Waals surface area contributed by atoms with Gasteiger partial charge in [-0.1, -0.05) is 0 Å². The van der Waals surface area contributed by atoms with Crippen molar-refractivity contribution in [1.29, 1.82) is 0 Å². The Balaban J connectivity index is 1.43. The van der Waals surface area contributed by atoms with Gasteiger partial charge in [0.05, 0.1) is 17.6 Å². The van der Waals surface area contributed by atoms with E-state index in [9.17, 15) is 22.4 Å². The van der Waals surface area contributed by atoms with E-state index >= 15 is 0 Å². The van der Waals surface area contributed by atoms with Crippen LogP contribution in [0.4, 0.5) is 23.2 Å². The van der Waals surface area contributed by atoms with Crippen molar-refractivity contribution in [2.75, 3.05) is 18.5 Å². The molecule has 3 aromatic rings. The second kappa shape index (κ2) is 8.69. The summed E-state index contributed by atoms with van der Waals surface area (Å²) >= 11 is 0. The van der Waals surface area contributed by atoms with E-state index in [0.717, 1.165) is 35.4 Å². The quantitative estimate of drug-likeness (QED) is 0.600. The first kappa shape index (κ1) is 21.9. The van der Waals surface area contributed by atoms with Crippen LogP contribution in [0.15, 0.2) is 30.9 Å². The second-order valence-electron chi connectivity index (χ2n) is 7.50. The SMILES string of the molecule is Cc1cc(C(F)(F)F)nn1CC(=O)Nc1cnc(-n2cnc(C3CCOCC3)c2)c(F)c1. The highest BCUT2D eigenvalue weighted by Gasteiger charge is 2.34. The first-order valence-electron chi connectivity index (χ1n) is 9.90. The molecule has 0 saturated carbocycles. The molecule has 4 heterocycles. The number of halogens is 4. The number of carbonyl (C=O) groups excluding carboxylic acids is 1. The molecule has 0 unspecified atom stereocenters. The van der Waals surface area contributed by atoms with E-state index in [1.165, 1.54) is 24.0 Å². The number of anilines is 1. The Labute approximate surface area is 180 Å². The van der Waals surface area contributed by atoms with Gasteiger partial charge in [-0.25, -0.2) is 14.4 Å². The molecule has 1 N–H and O–H groups in total. The molecule has 0 atom stereocenters. The highest BCUT2D eigenvalue weighted by Crippen LogP contribution is 2.29. The predicted molar refractivity (Wildman–Crippen MR) is 105 cm³/mol. The van der Waals surface area contributed by atoms with Gasteiger partial charge in [-0.05, 0) is 25.8 Å². The lowest BCUT2D eigenvalue weighted by Crippen LogP contribution is -2.21. The summed E-state index contributed by atoms with van der Waals surface area (Å²) in [5.41, 5.74) is -0.00513. The van der Waals surface area contributed by atoms with Crippen molar-refractivity contribution in [3.05, 3.63) is 53.8 Å². The smallest absolute Gasteiger partial charge is 0.381 e. The third-order valence-corrected chi connectivity index (χ3v) is 5.16. The molecule has 1 saturated heterocycles. The summed E-state index contributed by atoms with van der Waals surface area (Å²) in [7, 11) is 0. The lowest BCUT2D eigenvalue weighted by molar-refractivity contribution is -0.141. The van der Waals surface area contributed by atoms with Crippen LogP contribution >= 0.6 is 0 Å². The van der Waals surface area contributed by atoms with Crippen molar-refractivity contribution in [2.24, 2.45) is 0 Å². The van der Waals surface area contributed by atoms with E-state index in [1.807, 2.05) is 0 Å². The largest absolute Gasteiger partial charge is 0.435 e. The average molecular weight is 452 g/mol. The molecule has 1 amide bonds. The zero-order chi connectivity index (χ0) is 22.9. The maximum absolute atomic E-state index is 14.6. The van der Waals surface area contributed by atoms with Gasteiger partial charge in [-0.2, -0.15) is 18.3 Å². The topological polar surface area (TPSA) is 86.9 Å². The van der Waals surface area contributed by atoms with E-state index in [2.05, 4.69) is 20.4 Å². The van der Waals surface area contributed by atoms with Crippen LogP contribution in [0.25, 0.3) is 5.82 Å². The second-order valence-corrected chi connectivity index (χ2v) is 7.50. The van der Waals surface area contributed by atoms with E-state index in [4.69, 9.17) is 4.74 Å². The normalized spacial score (nSPS) is 15.2. The first-order valence-corrected chi connectivity index (χ1v) is 9.90. The van der Waals surface area contributed by atoms with E-state index in [0.29, 0.717) is 13.2 Å². The highest BCUT2D eigenvalue weighted by molar-refractivity contribution is 5.90. The molecular formula is C20H20F4N6O2. The van der Waals surface area contributed by atoms with Gasteiger partial charge in [0.15, 0.2) is 17.3 Å². The molecular weight excluding hydrogens is 432 g/mol. The minimum atomic E-state index is -4.60. The maximum atomic E-state index is 14.6. The van der Waals surface area contributed by atoms with Crippen LogP contribution in [0.5, 0.6) is 0 Å². The molecule has 4 rings (SSSR count). The van der Waals surface area contributed by atoms with Gasteiger partial charge < -0.3 is 10.1 Å². The lowest BCUT2D eigenvalue weighted by Gasteiger charge is -2.19. The van der Waals surface area contributed by atoms with Crippen LogP contribution in [-0.2, 0) is 22.3 Å². The first-order chi connectivity index (χ1) is 15.2. The lowest BCUT2D eigenvalue weighted by atomic mass is 9.97. The molecule has 1 fully saturated rings. The molecule has 1 aliphatic rings. The van der Waals surface area contributed by atoms with Gasteiger partial charge in [0.1, 0.15) is 12.9 Å². The highest BCUT2D eigenvalue weighted by atomic mass is 19.4. The fraction of sp³-hybridized carbons (Fsp3) is 0.400. The standard InChI is InChI=1S/C20H20F4N6O2/c1-12-6-17(20(22,23)24)28-30(12)10-18(31)27-14-7-15(21)19(25-8-14)29-9-16(26-11-29)13-2-4-32-5-3-13/h6-9,11,13H,2-5,10H2,1H3,(H,27,31). The molecule has 32 heavy (non-hydrogen) atoms. The van der Waals surface area contributed by atoms with Crippen molar-refractivity contribution < 1.29 is 27.1 Å². The van der Waals surface area contributed by atoms with Crippen molar-refractivity contribution in [3.63, 3.8) is 0 Å². The average Bonchev–Trinajstić information content (AvgIpc) is 3.36. The fourth-order valence-electron chi connectivity index (χ4n) is 3.49. The number of nitrogens with one attached hydrogen (secondary N) is 1. The van der Waals surface area contributed by atoms with Crippen LogP contribution in [-0.4, -0.2) is 43.4 Å². The summed E-state index contributed by atoms with van der Waals surface area (Å²) in [6.07, 6.45) is 1.55. The summed E-state index contributed by atoms with van der Waals surface area (Å²) in [5.74, 6) is -1.08. The predicted octanol–water partition coefficient (Wildman–Crippen LogP) is 3.46. The number of imidazole rings is 1. The number of hydrogen-bond acceptors (Lipinski definition) is 5. The number of pyridine rings is 1. The molecule has 12 heteroatoms. The summed E-state index contributed by atoms with van der Waals surface area (Å²) in [5, 5.41) is 5.82. The van der Waals surface area contributed by atoms with Crippen LogP contribution < -0.4 is 5.32 Å². The van der Waals surface area contributed by atoms with Crippen molar-refractivity contribution in [1.82, 2.24) is 24.3 Å². The number of hydrogen-bond donors (Lipinski definition) is 1. The summed E-state index contributed by atoms with van der Waals surface area (Å²) in [6, 6.07) is 1.94. The Bertz CT molecular complexity index is 1120. The van der Waals surface area contributed by atoms with E-state index in [1.54, 1.807) is 6.20 Å². The number of alkyl halides is 3. The van der Waals surface area contributed by atoms with Gasteiger partial charge in [0.2, 0.25) is 5.91 Å². The molecule has 0 aliphatic carbocycles. The number of nitrogens with zero attached hydrogens (tertiary/aromatic N) is 5. The third-order valence-electron chi connectivity index (χ3n) is 5.16. The molecule has 0 spiro atoms. The molecule has 3 aromatic heterocycles. The monoisotopic (exact) mass is 452 g/mol. The van der Waals surface area contributed by atoms with Gasteiger partial charge in [-0.3, -0.25) is 14.0 Å². The third kappa shape index (κ3) is 4.79. The minimum Gasteiger partial charge on any atom is -0.381 e. The number of rotatable bonds is 5. The molecule has 0 radical (unpaired) electrons. The Morgan fingerprint density at radius 3 is 2.66 bits per heavy atom. The Morgan fingerprint density at radius 2 is 2.00 bits per heavy atom. The Kier molecular flexibility index (Phi) is 5.96. The van der Waals surface area contributed by atoms with Crippen LogP contribution in [0.3, 0.4) is 0 Å². The van der Waals surface area contributed by atoms with Crippen LogP contribution in [0.1, 0.15) is 35.8 Å². The Morgan fingerprint density at radius 1 is 1.25 bits per heavy atom. The van der Waals surface area contributed by atoms with Crippen molar-refractivity contribution >= 4 is 11.6 Å². The number of carbonyl (C=O) groups is 1. The van der Waals surface area contributed by atoms with Gasteiger partial charge in [-0.15, -0.1) is 0 Å². The number of amides is 1. The number of aryl methyl sites for hydroxylation is 1. The maximum Gasteiger partial charge on any atom is 0.435 e. The zero-order valence-electron chi connectivity index (χ0n) is 17.1. The van der Waals surface area contributed by atoms with Gasteiger partial charge in [0.25, 0.3) is 0 Å². The van der Waals surface area contributed by atoms with Crippen molar-refractivity contribution in [3.8, 4) is 5.82 Å².